The Morgan fingerprint density at radius 1 is 1.12 bits per heavy atom. The van der Waals surface area contributed by atoms with E-state index in [-0.39, 0.29) is 0 Å². The number of hydrogen-bond donors (Lipinski definition) is 0. The molecule has 1 aromatic heterocycles. The van der Waals surface area contributed by atoms with E-state index in [1.807, 2.05) is 24.3 Å². The molecule has 1 heterocycles. The van der Waals surface area contributed by atoms with Crippen LogP contribution in [0.15, 0.2) is 65.1 Å². The average molecular weight is 366 g/mol. The van der Waals surface area contributed by atoms with Crippen molar-refractivity contribution in [2.45, 2.75) is 31.2 Å². The van der Waals surface area contributed by atoms with Gasteiger partial charge in [0.15, 0.2) is 0 Å². The van der Waals surface area contributed by atoms with Crippen LogP contribution >= 0.6 is 11.8 Å². The normalized spacial score (nSPS) is 11.2. The van der Waals surface area contributed by atoms with Gasteiger partial charge in [0.1, 0.15) is 12.1 Å². The maximum Gasteiger partial charge on any atom is 0.212 e. The Balaban J connectivity index is 1.60. The highest BCUT2D eigenvalue weighted by Gasteiger charge is 2.04. The Morgan fingerprint density at radius 3 is 2.62 bits per heavy atom. The summed E-state index contributed by atoms with van der Waals surface area (Å²) in [5.41, 5.74) is 3.51. The number of ether oxygens (including phenoxy) is 1. The summed E-state index contributed by atoms with van der Waals surface area (Å²) in [6, 6.07) is 16.4. The fraction of sp³-hybridized carbons (Fsp3) is 0.250. The summed E-state index contributed by atoms with van der Waals surface area (Å²) in [6.07, 6.45) is 4.41. The monoisotopic (exact) mass is 366 g/mol. The molecule has 3 rings (SSSR count). The number of aromatic nitrogens is 3. The summed E-state index contributed by atoms with van der Waals surface area (Å²) >= 11 is 1.61. The molecule has 0 aliphatic carbocycles. The van der Waals surface area contributed by atoms with Crippen molar-refractivity contribution in [3.8, 4) is 5.75 Å². The fourth-order valence-corrected chi connectivity index (χ4v) is 3.04. The van der Waals surface area contributed by atoms with E-state index in [1.165, 1.54) is 11.1 Å². The molecule has 3 aromatic rings. The van der Waals surface area contributed by atoms with E-state index in [9.17, 15) is 0 Å². The summed E-state index contributed by atoms with van der Waals surface area (Å²) < 4.78 is 7.28. The van der Waals surface area contributed by atoms with Crippen LogP contribution in [0, 0.1) is 6.92 Å². The van der Waals surface area contributed by atoms with Crippen LogP contribution in [0.25, 0.3) is 0 Å². The van der Waals surface area contributed by atoms with Crippen molar-refractivity contribution in [2.75, 3.05) is 6.61 Å². The van der Waals surface area contributed by atoms with Gasteiger partial charge in [-0.25, -0.2) is 0 Å². The zero-order chi connectivity index (χ0) is 18.2. The first-order valence-electron chi connectivity index (χ1n) is 8.60. The minimum Gasteiger partial charge on any atom is -0.494 e. The largest absolute Gasteiger partial charge is 0.494 e. The SMILES string of the molecule is CCCOc1ccc(/C=N/n2cnnc2SCc2ccc(C)cc2)cc1. The molecule has 0 spiro atoms. The fourth-order valence-electron chi connectivity index (χ4n) is 2.22. The zero-order valence-corrected chi connectivity index (χ0v) is 15.8. The van der Waals surface area contributed by atoms with Gasteiger partial charge in [0.25, 0.3) is 0 Å². The van der Waals surface area contributed by atoms with Crippen LogP contribution in [0.1, 0.15) is 30.0 Å². The van der Waals surface area contributed by atoms with Gasteiger partial charge in [0.2, 0.25) is 5.16 Å². The van der Waals surface area contributed by atoms with Gasteiger partial charge in [-0.1, -0.05) is 48.5 Å². The van der Waals surface area contributed by atoms with Crippen LogP contribution in [0.3, 0.4) is 0 Å². The van der Waals surface area contributed by atoms with E-state index in [0.717, 1.165) is 35.2 Å². The first-order chi connectivity index (χ1) is 12.7. The molecule has 134 valence electrons. The van der Waals surface area contributed by atoms with Gasteiger partial charge < -0.3 is 4.74 Å². The van der Waals surface area contributed by atoms with E-state index < -0.39 is 0 Å². The van der Waals surface area contributed by atoms with Crippen molar-refractivity contribution in [1.82, 2.24) is 14.9 Å². The molecule has 0 N–H and O–H groups in total. The van der Waals surface area contributed by atoms with Gasteiger partial charge in [-0.15, -0.1) is 10.2 Å². The minimum atomic E-state index is 0.732. The van der Waals surface area contributed by atoms with Crippen molar-refractivity contribution >= 4 is 18.0 Å². The third-order valence-electron chi connectivity index (χ3n) is 3.67. The molecule has 5 nitrogen and oxygen atoms in total. The molecule has 0 radical (unpaired) electrons. The highest BCUT2D eigenvalue weighted by atomic mass is 32.2. The predicted octanol–water partition coefficient (Wildman–Crippen LogP) is 4.55. The van der Waals surface area contributed by atoms with E-state index in [2.05, 4.69) is 53.4 Å². The Labute approximate surface area is 158 Å². The Bertz CT molecular complexity index is 841. The topological polar surface area (TPSA) is 52.3 Å². The first-order valence-corrected chi connectivity index (χ1v) is 9.59. The summed E-state index contributed by atoms with van der Waals surface area (Å²) in [5.74, 6) is 1.71. The molecule has 0 saturated carbocycles. The van der Waals surface area contributed by atoms with Gasteiger partial charge in [0.05, 0.1) is 12.8 Å². The predicted molar refractivity (Wildman–Crippen MR) is 106 cm³/mol. The second-order valence-electron chi connectivity index (χ2n) is 5.89. The summed E-state index contributed by atoms with van der Waals surface area (Å²) in [4.78, 5) is 0. The number of hydrogen-bond acceptors (Lipinski definition) is 5. The van der Waals surface area contributed by atoms with E-state index >= 15 is 0 Å². The number of thioether (sulfide) groups is 1. The molecule has 0 unspecified atom stereocenters. The van der Waals surface area contributed by atoms with Crippen molar-refractivity contribution < 1.29 is 4.74 Å². The maximum absolute atomic E-state index is 5.59. The van der Waals surface area contributed by atoms with Gasteiger partial charge in [-0.05, 0) is 48.7 Å². The molecule has 6 heteroatoms. The van der Waals surface area contributed by atoms with Crippen molar-refractivity contribution in [2.24, 2.45) is 5.10 Å². The lowest BCUT2D eigenvalue weighted by atomic mass is 10.2. The number of benzene rings is 2. The first kappa shape index (κ1) is 18.2. The van der Waals surface area contributed by atoms with Gasteiger partial charge in [-0.3, -0.25) is 0 Å². The second kappa shape index (κ2) is 9.20. The number of aryl methyl sites for hydroxylation is 1. The van der Waals surface area contributed by atoms with Gasteiger partial charge in [0, 0.05) is 5.75 Å². The Hall–Kier alpha value is -2.60. The summed E-state index contributed by atoms with van der Waals surface area (Å²) in [5, 5.41) is 13.3. The summed E-state index contributed by atoms with van der Waals surface area (Å²) in [7, 11) is 0. The molecular weight excluding hydrogens is 344 g/mol. The standard InChI is InChI=1S/C20H22N4OS/c1-3-12-25-19-10-8-17(9-11-19)13-22-24-15-21-23-20(24)26-14-18-6-4-16(2)5-7-18/h4-11,13,15H,3,12,14H2,1-2H3/b22-13+. The Morgan fingerprint density at radius 2 is 1.88 bits per heavy atom. The molecule has 0 amide bonds. The van der Waals surface area contributed by atoms with Crippen LogP contribution in [0.4, 0.5) is 0 Å². The third-order valence-corrected chi connectivity index (χ3v) is 4.68. The molecule has 0 atom stereocenters. The molecular formula is C20H22N4OS. The average Bonchev–Trinajstić information content (AvgIpc) is 3.12. The maximum atomic E-state index is 5.59. The van der Waals surface area contributed by atoms with E-state index in [0.29, 0.717) is 0 Å². The molecule has 0 aliphatic heterocycles. The van der Waals surface area contributed by atoms with Gasteiger partial charge in [-0.2, -0.15) is 9.78 Å². The zero-order valence-electron chi connectivity index (χ0n) is 15.0. The molecule has 2 aromatic carbocycles. The lowest BCUT2D eigenvalue weighted by Crippen LogP contribution is -1.95. The molecule has 26 heavy (non-hydrogen) atoms. The van der Waals surface area contributed by atoms with E-state index in [1.54, 1.807) is 29.0 Å². The molecule has 0 saturated heterocycles. The van der Waals surface area contributed by atoms with Crippen LogP contribution in [0.5, 0.6) is 5.75 Å². The van der Waals surface area contributed by atoms with Crippen molar-refractivity contribution in [3.63, 3.8) is 0 Å². The van der Waals surface area contributed by atoms with Crippen molar-refractivity contribution in [3.05, 3.63) is 71.5 Å². The molecule has 0 fully saturated rings. The lowest BCUT2D eigenvalue weighted by molar-refractivity contribution is 0.317. The highest BCUT2D eigenvalue weighted by Crippen LogP contribution is 2.20. The quantitative estimate of drug-likeness (QED) is 0.433. The highest BCUT2D eigenvalue weighted by molar-refractivity contribution is 7.98. The lowest BCUT2D eigenvalue weighted by Gasteiger charge is -2.04. The van der Waals surface area contributed by atoms with Crippen LogP contribution in [-0.4, -0.2) is 27.7 Å². The van der Waals surface area contributed by atoms with Crippen LogP contribution in [-0.2, 0) is 5.75 Å². The van der Waals surface area contributed by atoms with E-state index in [4.69, 9.17) is 4.74 Å². The second-order valence-corrected chi connectivity index (χ2v) is 6.84. The Kier molecular flexibility index (Phi) is 6.44. The smallest absolute Gasteiger partial charge is 0.212 e. The minimum absolute atomic E-state index is 0.732. The number of rotatable bonds is 8. The molecule has 0 bridgehead atoms. The van der Waals surface area contributed by atoms with Crippen LogP contribution in [0.2, 0.25) is 0 Å². The third kappa shape index (κ3) is 5.20. The van der Waals surface area contributed by atoms with Crippen molar-refractivity contribution in [1.29, 1.82) is 0 Å². The molecule has 0 aliphatic rings. The summed E-state index contributed by atoms with van der Waals surface area (Å²) in [6.45, 7) is 4.91. The van der Waals surface area contributed by atoms with Crippen LogP contribution < -0.4 is 4.74 Å². The number of nitrogens with zero attached hydrogens (tertiary/aromatic N) is 4. The van der Waals surface area contributed by atoms with Gasteiger partial charge >= 0.3 is 0 Å².